The summed E-state index contributed by atoms with van der Waals surface area (Å²) in [6.45, 7) is 3.92. The number of aromatic nitrogens is 3. The number of thiazole rings is 1. The maximum absolute atomic E-state index is 6.35. The molecule has 2 aliphatic rings. The Balaban J connectivity index is 1.16. The van der Waals surface area contributed by atoms with Crippen LogP contribution in [0.2, 0.25) is 0 Å². The van der Waals surface area contributed by atoms with Crippen LogP contribution in [0, 0.1) is 0 Å². The Labute approximate surface area is 234 Å². The van der Waals surface area contributed by atoms with Crippen LogP contribution in [0.4, 0.5) is 0 Å². The van der Waals surface area contributed by atoms with E-state index in [1.54, 1.807) is 30.2 Å². The van der Waals surface area contributed by atoms with Crippen molar-refractivity contribution in [2.24, 2.45) is 0 Å². The highest BCUT2D eigenvalue weighted by Gasteiger charge is 2.39. The lowest BCUT2D eigenvalue weighted by atomic mass is 9.74. The molecule has 1 unspecified atom stereocenters. The molecular weight excluding hydrogens is 532 g/mol. The first-order valence-corrected chi connectivity index (χ1v) is 14.7. The zero-order valence-electron chi connectivity index (χ0n) is 21.7. The summed E-state index contributed by atoms with van der Waals surface area (Å²) in [7, 11) is 1.64. The van der Waals surface area contributed by atoms with Gasteiger partial charge >= 0.3 is 0 Å². The van der Waals surface area contributed by atoms with Gasteiger partial charge in [0, 0.05) is 30.7 Å². The number of benzene rings is 2. The van der Waals surface area contributed by atoms with E-state index in [2.05, 4.69) is 48.1 Å². The van der Waals surface area contributed by atoms with Crippen LogP contribution in [0.25, 0.3) is 22.4 Å². The smallest absolute Gasteiger partial charge is 0.189 e. The predicted molar refractivity (Wildman–Crippen MR) is 152 cm³/mol. The van der Waals surface area contributed by atoms with Gasteiger partial charge in [0.2, 0.25) is 0 Å². The van der Waals surface area contributed by atoms with Gasteiger partial charge in [-0.05, 0) is 31.4 Å². The van der Waals surface area contributed by atoms with Gasteiger partial charge in [-0.1, -0.05) is 42.1 Å². The fourth-order valence-electron chi connectivity index (χ4n) is 5.33. The van der Waals surface area contributed by atoms with E-state index in [-0.39, 0.29) is 5.41 Å². The topological polar surface area (TPSA) is 83.6 Å². The second-order valence-electron chi connectivity index (χ2n) is 9.81. The van der Waals surface area contributed by atoms with E-state index in [9.17, 15) is 0 Å². The first-order chi connectivity index (χ1) is 19.1. The van der Waals surface area contributed by atoms with Crippen LogP contribution in [0.3, 0.4) is 0 Å². The SMILES string of the molecule is COc1cc(OCc2csc(C3(c4ccccc4)CCOCC3)n2)c2cc(-c3cn4c(n3)SC(C)N4)oc2c1. The third-order valence-electron chi connectivity index (χ3n) is 7.35. The summed E-state index contributed by atoms with van der Waals surface area (Å²) in [6.07, 6.45) is 3.80. The monoisotopic (exact) mass is 560 g/mol. The molecule has 0 aliphatic carbocycles. The Hall–Kier alpha value is -3.47. The molecule has 1 N–H and O–H groups in total. The Bertz CT molecular complexity index is 1600. The van der Waals surface area contributed by atoms with Crippen LogP contribution in [0.15, 0.2) is 69.7 Å². The fraction of sp³-hybridized carbons (Fsp3) is 0.310. The van der Waals surface area contributed by atoms with Gasteiger partial charge in [0.15, 0.2) is 10.9 Å². The van der Waals surface area contributed by atoms with Crippen molar-refractivity contribution in [2.45, 2.75) is 42.3 Å². The first kappa shape index (κ1) is 24.6. The summed E-state index contributed by atoms with van der Waals surface area (Å²) in [6, 6.07) is 16.4. The number of rotatable bonds is 7. The van der Waals surface area contributed by atoms with Gasteiger partial charge in [-0.25, -0.2) is 14.6 Å². The van der Waals surface area contributed by atoms with Crippen molar-refractivity contribution >= 4 is 34.1 Å². The minimum atomic E-state index is -0.124. The van der Waals surface area contributed by atoms with E-state index in [4.69, 9.17) is 28.6 Å². The molecule has 5 heterocycles. The van der Waals surface area contributed by atoms with Crippen LogP contribution < -0.4 is 14.9 Å². The summed E-state index contributed by atoms with van der Waals surface area (Å²) in [5.74, 6) is 2.03. The second kappa shape index (κ2) is 9.93. The van der Waals surface area contributed by atoms with Gasteiger partial charge in [-0.3, -0.25) is 0 Å². The molecule has 200 valence electrons. The van der Waals surface area contributed by atoms with Crippen LogP contribution in [-0.4, -0.2) is 40.3 Å². The zero-order valence-corrected chi connectivity index (χ0v) is 23.3. The third-order valence-corrected chi connectivity index (χ3v) is 9.40. The molecule has 7 rings (SSSR count). The summed E-state index contributed by atoms with van der Waals surface area (Å²) < 4.78 is 25.7. The number of nitrogens with zero attached hydrogens (tertiary/aromatic N) is 3. The van der Waals surface area contributed by atoms with Crippen molar-refractivity contribution in [3.63, 3.8) is 0 Å². The maximum Gasteiger partial charge on any atom is 0.189 e. The average Bonchev–Trinajstić information content (AvgIpc) is 3.75. The Kier molecular flexibility index (Phi) is 6.25. The van der Waals surface area contributed by atoms with Crippen molar-refractivity contribution in [2.75, 3.05) is 25.7 Å². The summed E-state index contributed by atoms with van der Waals surface area (Å²) in [4.78, 5) is 9.80. The fourth-order valence-corrected chi connectivity index (χ4v) is 7.27. The maximum atomic E-state index is 6.35. The highest BCUT2D eigenvalue weighted by molar-refractivity contribution is 8.00. The minimum Gasteiger partial charge on any atom is -0.496 e. The van der Waals surface area contributed by atoms with Gasteiger partial charge in [0.25, 0.3) is 0 Å². The molecule has 0 radical (unpaired) electrons. The van der Waals surface area contributed by atoms with E-state index >= 15 is 0 Å². The molecule has 0 spiro atoms. The van der Waals surface area contributed by atoms with Crippen LogP contribution in [0.5, 0.6) is 11.5 Å². The first-order valence-electron chi connectivity index (χ1n) is 13.0. The highest BCUT2D eigenvalue weighted by Crippen LogP contribution is 2.43. The number of methoxy groups -OCH3 is 1. The molecule has 1 saturated heterocycles. The number of imidazole rings is 1. The van der Waals surface area contributed by atoms with Crippen LogP contribution in [-0.2, 0) is 16.8 Å². The van der Waals surface area contributed by atoms with E-state index in [1.165, 1.54) is 5.56 Å². The Morgan fingerprint density at radius 1 is 1.13 bits per heavy atom. The summed E-state index contributed by atoms with van der Waals surface area (Å²) >= 11 is 3.38. The number of thioether (sulfide) groups is 1. The van der Waals surface area contributed by atoms with Gasteiger partial charge < -0.3 is 24.1 Å². The van der Waals surface area contributed by atoms with E-state index in [0.29, 0.717) is 34.8 Å². The molecule has 10 heteroatoms. The molecule has 1 fully saturated rings. The normalized spacial score (nSPS) is 18.2. The molecule has 8 nitrogen and oxygen atoms in total. The number of hydrogen-bond donors (Lipinski definition) is 1. The quantitative estimate of drug-likeness (QED) is 0.244. The molecule has 2 aliphatic heterocycles. The number of furan rings is 1. The van der Waals surface area contributed by atoms with E-state index in [0.717, 1.165) is 53.0 Å². The van der Waals surface area contributed by atoms with E-state index in [1.807, 2.05) is 29.1 Å². The largest absolute Gasteiger partial charge is 0.496 e. The summed E-state index contributed by atoms with van der Waals surface area (Å²) in [5, 5.41) is 5.30. The molecule has 2 aromatic carbocycles. The zero-order chi connectivity index (χ0) is 26.4. The van der Waals surface area contributed by atoms with Crippen molar-refractivity contribution in [3.8, 4) is 23.0 Å². The molecule has 0 bridgehead atoms. The predicted octanol–water partition coefficient (Wildman–Crippen LogP) is 6.43. The molecule has 0 saturated carbocycles. The molecule has 3 aromatic heterocycles. The van der Waals surface area contributed by atoms with Crippen molar-refractivity contribution in [3.05, 3.63) is 76.4 Å². The average molecular weight is 561 g/mol. The Morgan fingerprint density at radius 2 is 1.97 bits per heavy atom. The Morgan fingerprint density at radius 3 is 2.77 bits per heavy atom. The number of nitrogens with one attached hydrogen (secondary N) is 1. The molecule has 1 atom stereocenters. The lowest BCUT2D eigenvalue weighted by Crippen LogP contribution is -2.35. The van der Waals surface area contributed by atoms with Crippen molar-refractivity contribution < 1.29 is 18.6 Å². The van der Waals surface area contributed by atoms with E-state index < -0.39 is 0 Å². The molecule has 0 amide bonds. The number of ether oxygens (including phenoxy) is 3. The van der Waals surface area contributed by atoms with Gasteiger partial charge in [-0.15, -0.1) is 11.3 Å². The number of hydrogen-bond acceptors (Lipinski definition) is 9. The lowest BCUT2D eigenvalue weighted by Gasteiger charge is -2.36. The van der Waals surface area contributed by atoms with Gasteiger partial charge in [0.05, 0.1) is 35.2 Å². The van der Waals surface area contributed by atoms with Gasteiger partial charge in [0.1, 0.15) is 34.4 Å². The highest BCUT2D eigenvalue weighted by atomic mass is 32.2. The van der Waals surface area contributed by atoms with Gasteiger partial charge in [-0.2, -0.15) is 0 Å². The van der Waals surface area contributed by atoms with Crippen molar-refractivity contribution in [1.29, 1.82) is 0 Å². The van der Waals surface area contributed by atoms with Crippen molar-refractivity contribution in [1.82, 2.24) is 14.6 Å². The standard InChI is InChI=1S/C29H28N4O4S2/c1-18-32-33-15-23(31-28(33)39-18)26-14-22-24(12-21(34-2)13-25(22)37-26)36-16-20-17-38-27(30-20)29(8-10-35-11-9-29)19-6-4-3-5-7-19/h3-7,12-15,17-18,32H,8-11,16H2,1-2H3. The number of fused-ring (bicyclic) bond motifs is 2. The van der Waals surface area contributed by atoms with Crippen LogP contribution >= 0.6 is 23.1 Å². The second-order valence-corrected chi connectivity index (χ2v) is 12.0. The van der Waals surface area contributed by atoms with Crippen LogP contribution in [0.1, 0.15) is 36.0 Å². The molecule has 5 aromatic rings. The summed E-state index contributed by atoms with van der Waals surface area (Å²) in [5.41, 5.74) is 6.87. The molecule has 39 heavy (non-hydrogen) atoms. The minimum absolute atomic E-state index is 0.124. The lowest BCUT2D eigenvalue weighted by molar-refractivity contribution is 0.0629. The molecular formula is C29H28N4O4S2. The third kappa shape index (κ3) is 4.46.